The van der Waals surface area contributed by atoms with E-state index < -0.39 is 35.8 Å². The van der Waals surface area contributed by atoms with Gasteiger partial charge in [0.25, 0.3) is 5.91 Å². The Hall–Kier alpha value is -3.49. The van der Waals surface area contributed by atoms with Crippen molar-refractivity contribution in [2.75, 3.05) is 17.1 Å². The van der Waals surface area contributed by atoms with Crippen molar-refractivity contribution in [1.82, 2.24) is 0 Å². The first kappa shape index (κ1) is 21.4. The largest absolute Gasteiger partial charge is 0.465 e. The first-order valence-electron chi connectivity index (χ1n) is 10.3. The third-order valence-corrected chi connectivity index (χ3v) is 6.42. The molecule has 2 aliphatic rings. The van der Waals surface area contributed by atoms with Crippen LogP contribution in [0.1, 0.15) is 22.0 Å². The molecule has 0 N–H and O–H groups in total. The molecule has 0 radical (unpaired) electrons. The van der Waals surface area contributed by atoms with Gasteiger partial charge in [-0.05, 0) is 42.0 Å². The molecule has 2 heterocycles. The summed E-state index contributed by atoms with van der Waals surface area (Å²) in [6, 6.07) is 22.8. The number of hydrogen-bond donors (Lipinski definition) is 0. The molecule has 2 fully saturated rings. The average molecular weight is 507 g/mol. The van der Waals surface area contributed by atoms with E-state index >= 15 is 0 Å². The predicted octanol–water partition coefficient (Wildman–Crippen LogP) is 4.29. The molecule has 0 spiro atoms. The number of nitrogens with zero attached hydrogens (tertiary/aromatic N) is 2. The minimum atomic E-state index is -1.02. The minimum absolute atomic E-state index is 0.141. The second-order valence-corrected chi connectivity index (χ2v) is 8.65. The van der Waals surface area contributed by atoms with Gasteiger partial charge in [-0.2, -0.15) is 0 Å². The lowest BCUT2D eigenvalue weighted by atomic mass is 9.90. The molecule has 0 aliphatic carbocycles. The van der Waals surface area contributed by atoms with Crippen molar-refractivity contribution in [3.63, 3.8) is 0 Å². The number of esters is 1. The molecule has 166 valence electrons. The number of carbonyl (C=O) groups excluding carboxylic acids is 3. The normalized spacial score (nSPS) is 21.9. The number of anilines is 2. The molecule has 8 heteroatoms. The molecule has 0 unspecified atom stereocenters. The molecule has 5 rings (SSSR count). The number of carbonyl (C=O) groups is 3. The topological polar surface area (TPSA) is 76.2 Å². The zero-order valence-electron chi connectivity index (χ0n) is 17.6. The van der Waals surface area contributed by atoms with Crippen molar-refractivity contribution < 1.29 is 24.0 Å². The Morgan fingerprint density at radius 2 is 1.58 bits per heavy atom. The fraction of sp³-hybridized carbons (Fsp3) is 0.160. The zero-order chi connectivity index (χ0) is 23.1. The molecule has 2 saturated heterocycles. The van der Waals surface area contributed by atoms with E-state index in [0.717, 1.165) is 20.6 Å². The number of hydroxylamine groups is 1. The summed E-state index contributed by atoms with van der Waals surface area (Å²) >= 11 is 3.44. The third kappa shape index (κ3) is 3.51. The van der Waals surface area contributed by atoms with Crippen LogP contribution in [-0.4, -0.2) is 31.0 Å². The minimum Gasteiger partial charge on any atom is -0.465 e. The highest BCUT2D eigenvalue weighted by Gasteiger charge is 2.60. The van der Waals surface area contributed by atoms with Gasteiger partial charge in [0.15, 0.2) is 6.10 Å². The fourth-order valence-electron chi connectivity index (χ4n) is 4.40. The Bertz CT molecular complexity index is 1230. The van der Waals surface area contributed by atoms with Crippen LogP contribution in [0.5, 0.6) is 0 Å². The van der Waals surface area contributed by atoms with Gasteiger partial charge in [-0.25, -0.2) is 14.8 Å². The maximum absolute atomic E-state index is 13.7. The summed E-state index contributed by atoms with van der Waals surface area (Å²) in [5, 5.41) is 1.64. The van der Waals surface area contributed by atoms with E-state index in [1.807, 2.05) is 54.6 Å². The first-order valence-corrected chi connectivity index (χ1v) is 11.1. The number of ether oxygens (including phenoxy) is 1. The summed E-state index contributed by atoms with van der Waals surface area (Å²) in [5.74, 6) is -2.35. The molecule has 2 amide bonds. The summed E-state index contributed by atoms with van der Waals surface area (Å²) in [5.41, 5.74) is 1.90. The molecular weight excluding hydrogens is 488 g/mol. The monoisotopic (exact) mass is 506 g/mol. The summed E-state index contributed by atoms with van der Waals surface area (Å²) < 4.78 is 5.74. The second kappa shape index (κ2) is 8.46. The Labute approximate surface area is 198 Å². The number of benzene rings is 3. The molecule has 0 bridgehead atoms. The SMILES string of the molecule is COC(=O)c1ccccc1N1C(=O)[C@H]2[C@@H](c3ccc(Br)cc3)N(c3ccccc3)O[C@H]2C1=O. The molecule has 33 heavy (non-hydrogen) atoms. The third-order valence-electron chi connectivity index (χ3n) is 5.89. The van der Waals surface area contributed by atoms with Crippen LogP contribution in [-0.2, 0) is 19.2 Å². The fourth-order valence-corrected chi connectivity index (χ4v) is 4.67. The van der Waals surface area contributed by atoms with E-state index in [9.17, 15) is 14.4 Å². The van der Waals surface area contributed by atoms with Crippen molar-refractivity contribution in [3.05, 3.63) is 94.5 Å². The van der Waals surface area contributed by atoms with Crippen LogP contribution in [0.4, 0.5) is 11.4 Å². The van der Waals surface area contributed by atoms with E-state index in [1.54, 1.807) is 23.3 Å². The molecule has 3 atom stereocenters. The van der Waals surface area contributed by atoms with E-state index in [4.69, 9.17) is 9.57 Å². The summed E-state index contributed by atoms with van der Waals surface area (Å²) in [7, 11) is 1.26. The van der Waals surface area contributed by atoms with Crippen LogP contribution >= 0.6 is 15.9 Å². The van der Waals surface area contributed by atoms with Crippen molar-refractivity contribution in [3.8, 4) is 0 Å². The molecular formula is C25H19BrN2O5. The standard InChI is InChI=1S/C25H19BrN2O5/c1-32-25(31)18-9-5-6-10-19(18)27-23(29)20-21(15-11-13-16(26)14-12-15)28(33-22(20)24(27)30)17-7-3-2-4-8-17/h2-14,20-22H,1H3/t20-,21+,22+/m0/s1. The summed E-state index contributed by atoms with van der Waals surface area (Å²) in [6.07, 6.45) is -1.02. The van der Waals surface area contributed by atoms with Gasteiger partial charge in [0.1, 0.15) is 5.92 Å². The van der Waals surface area contributed by atoms with Gasteiger partial charge >= 0.3 is 5.97 Å². The Morgan fingerprint density at radius 3 is 2.27 bits per heavy atom. The van der Waals surface area contributed by atoms with Crippen molar-refractivity contribution >= 4 is 45.1 Å². The van der Waals surface area contributed by atoms with E-state index in [2.05, 4.69) is 15.9 Å². The number of fused-ring (bicyclic) bond motifs is 1. The van der Waals surface area contributed by atoms with Gasteiger partial charge in [-0.15, -0.1) is 0 Å². The quantitative estimate of drug-likeness (QED) is 0.388. The Morgan fingerprint density at radius 1 is 0.909 bits per heavy atom. The van der Waals surface area contributed by atoms with Gasteiger partial charge in [-0.3, -0.25) is 14.4 Å². The number of halogens is 1. The number of rotatable bonds is 4. The molecule has 2 aliphatic heterocycles. The van der Waals surface area contributed by atoms with Gasteiger partial charge in [0.2, 0.25) is 5.91 Å². The molecule has 7 nitrogen and oxygen atoms in total. The van der Waals surface area contributed by atoms with Gasteiger partial charge in [-0.1, -0.05) is 58.4 Å². The molecule has 0 saturated carbocycles. The van der Waals surface area contributed by atoms with Gasteiger partial charge in [0, 0.05) is 4.47 Å². The van der Waals surface area contributed by atoms with Crippen LogP contribution < -0.4 is 9.96 Å². The number of para-hydroxylation sites is 2. The lowest BCUT2D eigenvalue weighted by Crippen LogP contribution is -2.38. The van der Waals surface area contributed by atoms with E-state index in [0.29, 0.717) is 0 Å². The van der Waals surface area contributed by atoms with Crippen LogP contribution in [0.3, 0.4) is 0 Å². The number of methoxy groups -OCH3 is 1. The predicted molar refractivity (Wildman–Crippen MR) is 124 cm³/mol. The van der Waals surface area contributed by atoms with Crippen molar-refractivity contribution in [1.29, 1.82) is 0 Å². The second-order valence-electron chi connectivity index (χ2n) is 7.73. The lowest BCUT2D eigenvalue weighted by Gasteiger charge is -2.29. The molecule has 3 aromatic carbocycles. The van der Waals surface area contributed by atoms with E-state index in [1.165, 1.54) is 13.2 Å². The molecule has 3 aromatic rings. The Kier molecular flexibility index (Phi) is 5.47. The maximum Gasteiger partial charge on any atom is 0.339 e. The van der Waals surface area contributed by atoms with Crippen LogP contribution in [0.2, 0.25) is 0 Å². The van der Waals surface area contributed by atoms with Crippen LogP contribution in [0.25, 0.3) is 0 Å². The smallest absolute Gasteiger partial charge is 0.339 e. The number of amides is 2. The molecule has 0 aromatic heterocycles. The van der Waals surface area contributed by atoms with Crippen molar-refractivity contribution in [2.24, 2.45) is 5.92 Å². The van der Waals surface area contributed by atoms with Crippen LogP contribution in [0, 0.1) is 5.92 Å². The first-order chi connectivity index (χ1) is 16.0. The highest BCUT2D eigenvalue weighted by molar-refractivity contribution is 9.10. The maximum atomic E-state index is 13.7. The van der Waals surface area contributed by atoms with Gasteiger partial charge < -0.3 is 4.74 Å². The van der Waals surface area contributed by atoms with Crippen LogP contribution in [0.15, 0.2) is 83.3 Å². The highest BCUT2D eigenvalue weighted by Crippen LogP contribution is 2.48. The average Bonchev–Trinajstić information content (AvgIpc) is 3.35. The number of hydrogen-bond acceptors (Lipinski definition) is 6. The zero-order valence-corrected chi connectivity index (χ0v) is 19.1. The lowest BCUT2D eigenvalue weighted by molar-refractivity contribution is -0.126. The highest BCUT2D eigenvalue weighted by atomic mass is 79.9. The summed E-state index contributed by atoms with van der Waals surface area (Å²) in [6.45, 7) is 0. The summed E-state index contributed by atoms with van der Waals surface area (Å²) in [4.78, 5) is 46.7. The van der Waals surface area contributed by atoms with Gasteiger partial charge in [0.05, 0.1) is 30.1 Å². The Balaban J connectivity index is 1.59. The van der Waals surface area contributed by atoms with Crippen molar-refractivity contribution in [2.45, 2.75) is 12.1 Å². The van der Waals surface area contributed by atoms with E-state index in [-0.39, 0.29) is 11.3 Å². The number of imide groups is 1.